The molecule has 3 aromatic rings. The zero-order valence-corrected chi connectivity index (χ0v) is 18.5. The Hall–Kier alpha value is -3.53. The molecule has 1 aliphatic rings. The van der Waals surface area contributed by atoms with Gasteiger partial charge in [-0.2, -0.15) is 4.31 Å². The number of nitrogens with zero attached hydrogens (tertiary/aromatic N) is 2. The number of aldehydes is 1. The first-order chi connectivity index (χ1) is 15.9. The van der Waals surface area contributed by atoms with E-state index >= 15 is 4.39 Å². The molecule has 1 heterocycles. The van der Waals surface area contributed by atoms with E-state index in [1.165, 1.54) is 6.07 Å². The predicted octanol–water partition coefficient (Wildman–Crippen LogP) is 3.76. The van der Waals surface area contributed by atoms with Crippen molar-refractivity contribution in [3.05, 3.63) is 70.9 Å². The minimum absolute atomic E-state index is 0.0161. The summed E-state index contributed by atoms with van der Waals surface area (Å²) in [5.74, 6) is -0.430. The van der Waals surface area contributed by atoms with Crippen LogP contribution in [-0.4, -0.2) is 38.6 Å². The minimum Gasteiger partial charge on any atom is -0.494 e. The summed E-state index contributed by atoms with van der Waals surface area (Å²) in [6, 6.07) is 15.5. The van der Waals surface area contributed by atoms with E-state index < -0.39 is 16.0 Å². The lowest BCUT2D eigenvalue weighted by molar-refractivity contribution is -0.375. The number of nitroso groups, excluding NO2 is 1. The Labute approximate surface area is 190 Å². The van der Waals surface area contributed by atoms with E-state index in [4.69, 9.17) is 9.47 Å². The highest BCUT2D eigenvalue weighted by atomic mass is 32.2. The molecule has 172 valence electrons. The molecule has 0 aliphatic carbocycles. The molecule has 0 bridgehead atoms. The molecule has 8 nitrogen and oxygen atoms in total. The van der Waals surface area contributed by atoms with E-state index in [9.17, 15) is 18.1 Å². The van der Waals surface area contributed by atoms with Crippen LogP contribution in [0.2, 0.25) is 0 Å². The molecule has 0 N–H and O–H groups in total. The largest absolute Gasteiger partial charge is 0.512 e. The molecule has 33 heavy (non-hydrogen) atoms. The lowest BCUT2D eigenvalue weighted by Gasteiger charge is -2.19. The Bertz CT molecular complexity index is 1300. The second-order valence-electron chi connectivity index (χ2n) is 7.46. The van der Waals surface area contributed by atoms with Gasteiger partial charge in [-0.25, -0.2) is 4.39 Å². The van der Waals surface area contributed by atoms with Crippen LogP contribution in [0.5, 0.6) is 11.5 Å². The van der Waals surface area contributed by atoms with Crippen molar-refractivity contribution in [1.29, 1.82) is 0 Å². The van der Waals surface area contributed by atoms with E-state index in [-0.39, 0.29) is 47.3 Å². The van der Waals surface area contributed by atoms with Crippen molar-refractivity contribution < 1.29 is 31.2 Å². The molecule has 1 saturated heterocycles. The summed E-state index contributed by atoms with van der Waals surface area (Å²) in [4.78, 5) is 22.3. The third-order valence-corrected chi connectivity index (χ3v) is 6.85. The molecular weight excluding hydrogens is 451 g/mol. The molecule has 1 aliphatic heterocycles. The first kappa shape index (κ1) is 22.7. The molecule has 0 amide bonds. The summed E-state index contributed by atoms with van der Waals surface area (Å²) in [6.07, 6.45) is 1.67. The number of unbranched alkanes of at least 4 members (excludes halogenated alkanes) is 1. The van der Waals surface area contributed by atoms with Gasteiger partial charge >= 0.3 is 10.2 Å². The van der Waals surface area contributed by atoms with Crippen molar-refractivity contribution in [2.45, 2.75) is 19.4 Å². The lowest BCUT2D eigenvalue weighted by atomic mass is 10.1. The van der Waals surface area contributed by atoms with Gasteiger partial charge in [0, 0.05) is 16.7 Å². The molecule has 1 fully saturated rings. The number of fused-ring (bicyclic) bond motifs is 1. The van der Waals surface area contributed by atoms with Crippen LogP contribution in [-0.2, 0) is 21.6 Å². The summed E-state index contributed by atoms with van der Waals surface area (Å²) in [5.41, 5.74) is 0.507. The van der Waals surface area contributed by atoms with Crippen molar-refractivity contribution in [2.75, 3.05) is 24.0 Å². The second kappa shape index (κ2) is 9.53. The first-order valence-electron chi connectivity index (χ1n) is 10.4. The number of carbonyl (C=O) groups is 1. The van der Waals surface area contributed by atoms with Crippen molar-refractivity contribution >= 4 is 33.0 Å². The Balaban J connectivity index is 1.76. The summed E-state index contributed by atoms with van der Waals surface area (Å²) < 4.78 is 53.0. The van der Waals surface area contributed by atoms with E-state index in [1.807, 2.05) is 30.3 Å². The van der Waals surface area contributed by atoms with Crippen molar-refractivity contribution in [3.8, 4) is 11.5 Å². The zero-order valence-electron chi connectivity index (χ0n) is 17.6. The average molecular weight is 474 g/mol. The second-order valence-corrected chi connectivity index (χ2v) is 9.20. The average Bonchev–Trinajstić information content (AvgIpc) is 3.08. The highest BCUT2D eigenvalue weighted by Crippen LogP contribution is 2.41. The van der Waals surface area contributed by atoms with Crippen LogP contribution in [0.3, 0.4) is 0 Å². The topological polar surface area (TPSA) is 93.0 Å². The number of hydrogen-bond donors (Lipinski definition) is 0. The Kier molecular flexibility index (Phi) is 6.55. The maximum absolute atomic E-state index is 15.8. The van der Waals surface area contributed by atoms with Crippen LogP contribution in [0, 0.1) is 10.7 Å². The normalized spacial score (nSPS) is 15.1. The Morgan fingerprint density at radius 2 is 1.88 bits per heavy atom. The monoisotopic (exact) mass is 473 g/mol. The molecule has 0 unspecified atom stereocenters. The Morgan fingerprint density at radius 1 is 1.09 bits per heavy atom. The fourth-order valence-corrected chi connectivity index (χ4v) is 4.81. The molecule has 10 heteroatoms. The molecule has 4 rings (SSSR count). The van der Waals surface area contributed by atoms with E-state index in [0.717, 1.165) is 16.2 Å². The number of rotatable bonds is 9. The number of halogens is 1. The van der Waals surface area contributed by atoms with E-state index in [2.05, 4.69) is 0 Å². The zero-order chi connectivity index (χ0) is 23.4. The quantitative estimate of drug-likeness (QED) is 0.267. The van der Waals surface area contributed by atoms with Gasteiger partial charge in [-0.3, -0.25) is 0 Å². The van der Waals surface area contributed by atoms with Crippen LogP contribution in [0.15, 0.2) is 54.6 Å². The van der Waals surface area contributed by atoms with Gasteiger partial charge in [-0.05, 0) is 35.6 Å². The van der Waals surface area contributed by atoms with Crippen molar-refractivity contribution in [1.82, 2.24) is 0 Å². The van der Waals surface area contributed by atoms with Gasteiger partial charge < -0.3 is 14.3 Å². The SMILES string of the molecule is O=CCCCOc1ccc2cc(OCc3ccccc3)c(N3CC[N+](=O)S3(=O)=O)c(F)c2c1. The molecule has 0 aromatic heterocycles. The smallest absolute Gasteiger partial charge is 0.494 e. The van der Waals surface area contributed by atoms with Crippen LogP contribution in [0.25, 0.3) is 10.8 Å². The van der Waals surface area contributed by atoms with E-state index in [1.54, 1.807) is 18.2 Å². The highest BCUT2D eigenvalue weighted by molar-refractivity contribution is 7.87. The summed E-state index contributed by atoms with van der Waals surface area (Å²) >= 11 is 0. The standard InChI is InChI=1S/C23H22FN2O6S/c24-22-20-15-19(31-13-5-4-12-27)9-8-18(20)14-21(32-16-17-6-2-1-3-7-17)23(22)25-10-11-26(28)33(25,29)30/h1-3,6-9,12,14-15H,4-5,10-11,13,16H2/q+1. The number of ether oxygens (including phenoxy) is 2. The van der Waals surface area contributed by atoms with E-state index in [0.29, 0.717) is 24.0 Å². The summed E-state index contributed by atoms with van der Waals surface area (Å²) in [5, 5.41) is 0.611. The Morgan fingerprint density at radius 3 is 2.58 bits per heavy atom. The minimum atomic E-state index is -4.42. The van der Waals surface area contributed by atoms with Gasteiger partial charge in [0.2, 0.25) is 6.54 Å². The number of carbonyl (C=O) groups excluding carboxylic acids is 1. The molecular formula is C23H22FN2O6S+. The van der Waals surface area contributed by atoms with Crippen molar-refractivity contribution in [3.63, 3.8) is 0 Å². The predicted molar refractivity (Wildman–Crippen MR) is 120 cm³/mol. The summed E-state index contributed by atoms with van der Waals surface area (Å²) in [6.45, 7) is -0.135. The van der Waals surface area contributed by atoms with Crippen molar-refractivity contribution in [2.24, 2.45) is 0 Å². The van der Waals surface area contributed by atoms with Gasteiger partial charge in [0.1, 0.15) is 40.8 Å². The van der Waals surface area contributed by atoms with Gasteiger partial charge in [0.25, 0.3) is 0 Å². The molecule has 0 atom stereocenters. The highest BCUT2D eigenvalue weighted by Gasteiger charge is 2.47. The lowest BCUT2D eigenvalue weighted by Crippen LogP contribution is -2.29. The van der Waals surface area contributed by atoms with Crippen LogP contribution >= 0.6 is 0 Å². The molecule has 3 aromatic carbocycles. The van der Waals surface area contributed by atoms with Gasteiger partial charge in [0.05, 0.1) is 6.61 Å². The fraction of sp³-hybridized carbons (Fsp3) is 0.261. The maximum atomic E-state index is 15.8. The molecule has 0 spiro atoms. The van der Waals surface area contributed by atoms with Crippen LogP contribution < -0.4 is 13.8 Å². The van der Waals surface area contributed by atoms with Gasteiger partial charge in [-0.1, -0.05) is 36.4 Å². The van der Waals surface area contributed by atoms with Gasteiger partial charge in [0.15, 0.2) is 5.82 Å². The number of hydrogen-bond acceptors (Lipinski definition) is 6. The number of benzene rings is 3. The van der Waals surface area contributed by atoms with Gasteiger partial charge in [-0.15, -0.1) is 8.42 Å². The van der Waals surface area contributed by atoms with Crippen LogP contribution in [0.1, 0.15) is 18.4 Å². The molecule has 0 saturated carbocycles. The van der Waals surface area contributed by atoms with Crippen LogP contribution in [0.4, 0.5) is 10.1 Å². The summed E-state index contributed by atoms with van der Waals surface area (Å²) in [7, 11) is -4.42. The first-order valence-corrected chi connectivity index (χ1v) is 11.8. The third kappa shape index (κ3) is 4.65. The fourth-order valence-electron chi connectivity index (χ4n) is 3.56. The molecule has 0 radical (unpaired) electrons. The maximum Gasteiger partial charge on any atom is 0.512 e. The third-order valence-electron chi connectivity index (χ3n) is 5.23. The number of anilines is 1.